The molecular weight excluding hydrogens is 278 g/mol. The highest BCUT2D eigenvalue weighted by atomic mass is 16.5. The van der Waals surface area contributed by atoms with Crippen LogP contribution in [-0.2, 0) is 9.47 Å². The van der Waals surface area contributed by atoms with Crippen LogP contribution in [0.4, 0.5) is 0 Å². The van der Waals surface area contributed by atoms with Gasteiger partial charge in [-0.1, -0.05) is 18.2 Å². The molecule has 1 atom stereocenters. The van der Waals surface area contributed by atoms with E-state index in [0.717, 1.165) is 38.6 Å². The van der Waals surface area contributed by atoms with Crippen molar-refractivity contribution in [1.29, 1.82) is 0 Å². The molecule has 0 N–H and O–H groups in total. The average molecular weight is 301 g/mol. The van der Waals surface area contributed by atoms with Gasteiger partial charge < -0.3 is 14.2 Å². The van der Waals surface area contributed by atoms with Crippen molar-refractivity contribution in [2.45, 2.75) is 6.10 Å². The van der Waals surface area contributed by atoms with Gasteiger partial charge in [-0.05, 0) is 34.5 Å². The van der Waals surface area contributed by atoms with Gasteiger partial charge in [0.25, 0.3) is 0 Å². The molecule has 1 aliphatic rings. The van der Waals surface area contributed by atoms with E-state index in [9.17, 15) is 0 Å². The normalized spacial score (nSPS) is 19.5. The maximum Gasteiger partial charge on any atom is 0.119 e. The fourth-order valence-corrected chi connectivity index (χ4v) is 2.90. The molecule has 0 aliphatic carbocycles. The maximum absolute atomic E-state index is 5.96. The lowest BCUT2D eigenvalue weighted by molar-refractivity contribution is -0.0355. The molecule has 0 spiro atoms. The lowest BCUT2D eigenvalue weighted by atomic mass is 10.0. The molecular formula is C18H23NO3. The third kappa shape index (κ3) is 3.40. The highest BCUT2D eigenvalue weighted by Gasteiger charge is 2.21. The van der Waals surface area contributed by atoms with E-state index >= 15 is 0 Å². The van der Waals surface area contributed by atoms with E-state index in [4.69, 9.17) is 14.2 Å². The molecule has 0 saturated carbocycles. The molecule has 0 radical (unpaired) electrons. The summed E-state index contributed by atoms with van der Waals surface area (Å²) in [5.41, 5.74) is 1.24. The lowest BCUT2D eigenvalue weighted by Crippen LogP contribution is -2.40. The van der Waals surface area contributed by atoms with Gasteiger partial charge in [0, 0.05) is 26.7 Å². The highest BCUT2D eigenvalue weighted by molar-refractivity contribution is 5.84. The van der Waals surface area contributed by atoms with Gasteiger partial charge in [-0.3, -0.25) is 4.90 Å². The van der Waals surface area contributed by atoms with Crippen molar-refractivity contribution in [3.8, 4) is 5.75 Å². The van der Waals surface area contributed by atoms with Crippen LogP contribution in [-0.4, -0.2) is 52.0 Å². The van der Waals surface area contributed by atoms with Crippen LogP contribution in [0.3, 0.4) is 0 Å². The van der Waals surface area contributed by atoms with Crippen LogP contribution < -0.4 is 4.74 Å². The summed E-state index contributed by atoms with van der Waals surface area (Å²) in [7, 11) is 3.44. The van der Waals surface area contributed by atoms with E-state index in [1.807, 2.05) is 6.07 Å². The SMILES string of the molecule is COCCN1CCO[C@@H](c2ccc3cc(OC)ccc3c2)C1. The summed E-state index contributed by atoms with van der Waals surface area (Å²) in [6.07, 6.45) is 0.136. The number of benzene rings is 2. The number of ether oxygens (including phenoxy) is 3. The van der Waals surface area contributed by atoms with Crippen molar-refractivity contribution >= 4 is 10.8 Å². The predicted octanol–water partition coefficient (Wildman–Crippen LogP) is 2.87. The molecule has 2 aromatic carbocycles. The van der Waals surface area contributed by atoms with E-state index in [2.05, 4.69) is 35.2 Å². The second-order valence-corrected chi connectivity index (χ2v) is 5.63. The monoisotopic (exact) mass is 301 g/mol. The first-order valence-electron chi connectivity index (χ1n) is 7.71. The lowest BCUT2D eigenvalue weighted by Gasteiger charge is -2.33. The maximum atomic E-state index is 5.96. The van der Waals surface area contributed by atoms with Crippen molar-refractivity contribution in [3.05, 3.63) is 42.0 Å². The minimum Gasteiger partial charge on any atom is -0.497 e. The second kappa shape index (κ2) is 7.09. The number of hydrogen-bond donors (Lipinski definition) is 0. The second-order valence-electron chi connectivity index (χ2n) is 5.63. The molecule has 0 unspecified atom stereocenters. The Labute approximate surface area is 131 Å². The van der Waals surface area contributed by atoms with Crippen molar-refractivity contribution in [2.75, 3.05) is 47.1 Å². The molecule has 1 saturated heterocycles. The first-order chi connectivity index (χ1) is 10.8. The van der Waals surface area contributed by atoms with Gasteiger partial charge >= 0.3 is 0 Å². The molecule has 3 rings (SSSR count). The van der Waals surface area contributed by atoms with Crippen LogP contribution in [0.1, 0.15) is 11.7 Å². The summed E-state index contributed by atoms with van der Waals surface area (Å²) < 4.78 is 16.4. The Kier molecular flexibility index (Phi) is 4.93. The van der Waals surface area contributed by atoms with E-state index in [1.165, 1.54) is 16.3 Å². The fourth-order valence-electron chi connectivity index (χ4n) is 2.90. The van der Waals surface area contributed by atoms with Gasteiger partial charge in [0.15, 0.2) is 0 Å². The van der Waals surface area contributed by atoms with Gasteiger partial charge in [0.05, 0.1) is 26.4 Å². The van der Waals surface area contributed by atoms with Gasteiger partial charge in [-0.15, -0.1) is 0 Å². The Morgan fingerprint density at radius 3 is 2.77 bits per heavy atom. The summed E-state index contributed by atoms with van der Waals surface area (Å²) in [6.45, 7) is 4.40. The largest absolute Gasteiger partial charge is 0.497 e. The van der Waals surface area contributed by atoms with E-state index in [0.29, 0.717) is 0 Å². The molecule has 1 fully saturated rings. The Bertz CT molecular complexity index is 629. The number of methoxy groups -OCH3 is 2. The van der Waals surface area contributed by atoms with E-state index in [-0.39, 0.29) is 6.10 Å². The Morgan fingerprint density at radius 1 is 1.14 bits per heavy atom. The summed E-state index contributed by atoms with van der Waals surface area (Å²) in [4.78, 5) is 2.40. The molecule has 4 heteroatoms. The number of hydrogen-bond acceptors (Lipinski definition) is 4. The Morgan fingerprint density at radius 2 is 1.95 bits per heavy atom. The minimum absolute atomic E-state index is 0.136. The standard InChI is InChI=1S/C18H23NO3/c1-20-9-7-19-8-10-22-18(13-19)16-4-3-15-12-17(21-2)6-5-14(15)11-16/h3-6,11-12,18H,7-10,13H2,1-2H3/t18-/m1/s1. The van der Waals surface area contributed by atoms with Crippen molar-refractivity contribution < 1.29 is 14.2 Å². The zero-order valence-corrected chi connectivity index (χ0v) is 13.2. The van der Waals surface area contributed by atoms with Crippen LogP contribution in [0.5, 0.6) is 5.75 Å². The van der Waals surface area contributed by atoms with Crippen LogP contribution >= 0.6 is 0 Å². The highest BCUT2D eigenvalue weighted by Crippen LogP contribution is 2.27. The molecule has 118 valence electrons. The molecule has 0 bridgehead atoms. The van der Waals surface area contributed by atoms with Gasteiger partial charge in [-0.25, -0.2) is 0 Å². The summed E-state index contributed by atoms with van der Waals surface area (Å²) >= 11 is 0. The van der Waals surface area contributed by atoms with Crippen LogP contribution in [0.25, 0.3) is 10.8 Å². The Balaban J connectivity index is 1.77. The summed E-state index contributed by atoms with van der Waals surface area (Å²) in [6, 6.07) is 12.7. The topological polar surface area (TPSA) is 30.9 Å². The summed E-state index contributed by atoms with van der Waals surface area (Å²) in [5, 5.41) is 2.41. The van der Waals surface area contributed by atoms with Gasteiger partial charge in [0.2, 0.25) is 0 Å². The first kappa shape index (κ1) is 15.3. The molecule has 0 amide bonds. The molecule has 22 heavy (non-hydrogen) atoms. The predicted molar refractivity (Wildman–Crippen MR) is 87.5 cm³/mol. The van der Waals surface area contributed by atoms with Crippen LogP contribution in [0.15, 0.2) is 36.4 Å². The van der Waals surface area contributed by atoms with E-state index in [1.54, 1.807) is 14.2 Å². The quantitative estimate of drug-likeness (QED) is 0.850. The first-order valence-corrected chi connectivity index (χ1v) is 7.71. The molecule has 1 heterocycles. The molecule has 2 aromatic rings. The smallest absolute Gasteiger partial charge is 0.119 e. The van der Waals surface area contributed by atoms with Gasteiger partial charge in [0.1, 0.15) is 5.75 Å². The average Bonchev–Trinajstić information content (AvgIpc) is 2.59. The fraction of sp³-hybridized carbons (Fsp3) is 0.444. The van der Waals surface area contributed by atoms with E-state index < -0.39 is 0 Å². The summed E-state index contributed by atoms with van der Waals surface area (Å²) in [5.74, 6) is 0.889. The number of rotatable bonds is 5. The molecule has 1 aliphatic heterocycles. The number of nitrogens with zero attached hydrogens (tertiary/aromatic N) is 1. The third-order valence-electron chi connectivity index (χ3n) is 4.21. The molecule has 4 nitrogen and oxygen atoms in total. The van der Waals surface area contributed by atoms with Crippen LogP contribution in [0.2, 0.25) is 0 Å². The zero-order valence-electron chi connectivity index (χ0n) is 13.2. The number of fused-ring (bicyclic) bond motifs is 1. The van der Waals surface area contributed by atoms with Crippen LogP contribution in [0, 0.1) is 0 Å². The van der Waals surface area contributed by atoms with Gasteiger partial charge in [-0.2, -0.15) is 0 Å². The van der Waals surface area contributed by atoms with Crippen molar-refractivity contribution in [3.63, 3.8) is 0 Å². The number of morpholine rings is 1. The Hall–Kier alpha value is -1.62. The van der Waals surface area contributed by atoms with Crippen molar-refractivity contribution in [2.24, 2.45) is 0 Å². The minimum atomic E-state index is 0.136. The van der Waals surface area contributed by atoms with Crippen molar-refractivity contribution in [1.82, 2.24) is 4.90 Å². The third-order valence-corrected chi connectivity index (χ3v) is 4.21. The molecule has 0 aromatic heterocycles. The zero-order chi connectivity index (χ0) is 15.4.